The number of amides is 3. The molecule has 1 fully saturated rings. The van der Waals surface area contributed by atoms with Crippen LogP contribution in [0.15, 0.2) is 41.8 Å². The van der Waals surface area contributed by atoms with Crippen molar-refractivity contribution in [3.63, 3.8) is 0 Å². The van der Waals surface area contributed by atoms with Crippen LogP contribution in [0.1, 0.15) is 12.0 Å². The number of benzene rings is 1. The molecule has 0 radical (unpaired) electrons. The lowest BCUT2D eigenvalue weighted by Crippen LogP contribution is -2.37. The quantitative estimate of drug-likeness (QED) is 0.599. The summed E-state index contributed by atoms with van der Waals surface area (Å²) in [5.74, 6) is -0.719. The Hall–Kier alpha value is -3.28. The fourth-order valence-electron chi connectivity index (χ4n) is 2.55. The fourth-order valence-corrected chi connectivity index (χ4v) is 3.41. The maximum absolute atomic E-state index is 12.5. The van der Waals surface area contributed by atoms with Crippen molar-refractivity contribution < 1.29 is 27.9 Å². The smallest absolute Gasteiger partial charge is 0.387 e. The molecule has 0 atom stereocenters. The molecule has 1 aromatic heterocycles. The molecule has 9 nitrogen and oxygen atoms in total. The van der Waals surface area contributed by atoms with Crippen molar-refractivity contribution in [2.45, 2.75) is 19.6 Å². The second-order valence-electron chi connectivity index (χ2n) is 6.04. The molecule has 1 saturated heterocycles. The minimum Gasteiger partial charge on any atom is -0.435 e. The molecule has 158 valence electrons. The van der Waals surface area contributed by atoms with E-state index in [0.717, 1.165) is 16.7 Å². The number of ether oxygens (including phenoxy) is 1. The molecule has 0 aliphatic carbocycles. The molecule has 0 saturated carbocycles. The number of carbonyl (C=O) groups excluding carboxylic acids is 3. The largest absolute Gasteiger partial charge is 0.435 e. The van der Waals surface area contributed by atoms with Crippen LogP contribution in [0.25, 0.3) is 6.08 Å². The van der Waals surface area contributed by atoms with Gasteiger partial charge in [0.2, 0.25) is 5.91 Å². The maximum atomic E-state index is 12.5. The molecule has 0 bridgehead atoms. The zero-order valence-electron chi connectivity index (χ0n) is 15.5. The summed E-state index contributed by atoms with van der Waals surface area (Å²) < 4.78 is 30.2. The van der Waals surface area contributed by atoms with Crippen LogP contribution in [0, 0.1) is 0 Å². The van der Waals surface area contributed by atoms with Crippen molar-refractivity contribution in [3.05, 3.63) is 47.4 Å². The first-order chi connectivity index (χ1) is 14.4. The van der Waals surface area contributed by atoms with E-state index < -0.39 is 17.8 Å². The topological polar surface area (TPSA) is 106 Å². The number of nitrogens with one attached hydrogen (secondary N) is 1. The van der Waals surface area contributed by atoms with E-state index in [2.05, 4.69) is 20.1 Å². The van der Waals surface area contributed by atoms with Gasteiger partial charge in [0.1, 0.15) is 18.4 Å². The lowest BCUT2D eigenvalue weighted by atomic mass is 10.2. The average molecular weight is 437 g/mol. The normalized spacial score (nSPS) is 15.3. The Bertz CT molecular complexity index is 935. The summed E-state index contributed by atoms with van der Waals surface area (Å²) in [5, 5.41) is 6.10. The molecule has 3 rings (SSSR count). The SMILES string of the molecule is O=C(CCn1cncn1)NCCN1C(=O)S/C(=C\c2ccc(OC(F)F)cc2)C1=O. The van der Waals surface area contributed by atoms with Crippen molar-refractivity contribution in [2.75, 3.05) is 13.1 Å². The van der Waals surface area contributed by atoms with Gasteiger partial charge in [-0.1, -0.05) is 12.1 Å². The van der Waals surface area contributed by atoms with Crippen LogP contribution in [0.5, 0.6) is 5.75 Å². The first kappa shape index (κ1) is 21.4. The van der Waals surface area contributed by atoms with Crippen LogP contribution in [0.4, 0.5) is 13.6 Å². The summed E-state index contributed by atoms with van der Waals surface area (Å²) in [4.78, 5) is 41.4. The van der Waals surface area contributed by atoms with Crippen molar-refractivity contribution in [1.82, 2.24) is 25.0 Å². The molecule has 30 heavy (non-hydrogen) atoms. The van der Waals surface area contributed by atoms with Gasteiger partial charge in [0.25, 0.3) is 11.1 Å². The Morgan fingerprint density at radius 3 is 2.67 bits per heavy atom. The van der Waals surface area contributed by atoms with Crippen LogP contribution in [0.2, 0.25) is 0 Å². The third kappa shape index (κ3) is 5.86. The van der Waals surface area contributed by atoms with Gasteiger partial charge in [0.15, 0.2) is 0 Å². The molecule has 1 aliphatic heterocycles. The minimum absolute atomic E-state index is 0.00480. The first-order valence-electron chi connectivity index (χ1n) is 8.82. The van der Waals surface area contributed by atoms with E-state index in [9.17, 15) is 23.2 Å². The summed E-state index contributed by atoms with van der Waals surface area (Å²) in [6.07, 6.45) is 4.56. The number of thioether (sulfide) groups is 1. The monoisotopic (exact) mass is 437 g/mol. The lowest BCUT2D eigenvalue weighted by Gasteiger charge is -2.13. The molecule has 2 heterocycles. The third-order valence-corrected chi connectivity index (χ3v) is 4.88. The lowest BCUT2D eigenvalue weighted by molar-refractivity contribution is -0.124. The number of imide groups is 1. The number of nitrogens with zero attached hydrogens (tertiary/aromatic N) is 4. The fraction of sp³-hybridized carbons (Fsp3) is 0.278. The second-order valence-corrected chi connectivity index (χ2v) is 7.03. The van der Waals surface area contributed by atoms with Gasteiger partial charge in [-0.3, -0.25) is 24.0 Å². The number of aryl methyl sites for hydroxylation is 1. The minimum atomic E-state index is -2.92. The van der Waals surface area contributed by atoms with Gasteiger partial charge in [-0.05, 0) is 35.5 Å². The van der Waals surface area contributed by atoms with Crippen LogP contribution < -0.4 is 10.1 Å². The van der Waals surface area contributed by atoms with E-state index in [1.165, 1.54) is 47.7 Å². The van der Waals surface area contributed by atoms with Crippen LogP contribution >= 0.6 is 11.8 Å². The van der Waals surface area contributed by atoms with Crippen molar-refractivity contribution in [1.29, 1.82) is 0 Å². The summed E-state index contributed by atoms with van der Waals surface area (Å²) in [6, 6.07) is 5.69. The number of halogens is 2. The van der Waals surface area contributed by atoms with Crippen LogP contribution in [0.3, 0.4) is 0 Å². The Balaban J connectivity index is 1.49. The molecule has 1 aromatic carbocycles. The predicted octanol–water partition coefficient (Wildman–Crippen LogP) is 2.12. The van der Waals surface area contributed by atoms with E-state index in [1.807, 2.05) is 0 Å². The molecule has 3 amide bonds. The number of hydrogen-bond donors (Lipinski definition) is 1. The van der Waals surface area contributed by atoms with Gasteiger partial charge in [0.05, 0.1) is 11.4 Å². The predicted molar refractivity (Wildman–Crippen MR) is 103 cm³/mol. The molecule has 0 unspecified atom stereocenters. The van der Waals surface area contributed by atoms with Gasteiger partial charge in [-0.2, -0.15) is 13.9 Å². The third-order valence-electron chi connectivity index (χ3n) is 3.97. The molecular formula is C18H17F2N5O4S. The van der Waals surface area contributed by atoms with Crippen molar-refractivity contribution in [3.8, 4) is 5.75 Å². The average Bonchev–Trinajstić information content (AvgIpc) is 3.31. The zero-order valence-corrected chi connectivity index (χ0v) is 16.3. The van der Waals surface area contributed by atoms with Gasteiger partial charge in [0, 0.05) is 19.5 Å². The van der Waals surface area contributed by atoms with Crippen molar-refractivity contribution in [2.24, 2.45) is 0 Å². The maximum Gasteiger partial charge on any atom is 0.387 e. The second kappa shape index (κ2) is 9.96. The highest BCUT2D eigenvalue weighted by atomic mass is 32.2. The Labute approximate surface area is 174 Å². The zero-order chi connectivity index (χ0) is 21.5. The summed E-state index contributed by atoms with van der Waals surface area (Å²) in [5.41, 5.74) is 0.559. The van der Waals surface area contributed by atoms with E-state index in [0.29, 0.717) is 12.1 Å². The molecule has 1 N–H and O–H groups in total. The van der Waals surface area contributed by atoms with Crippen LogP contribution in [-0.2, 0) is 16.1 Å². The van der Waals surface area contributed by atoms with E-state index in [4.69, 9.17) is 0 Å². The standard InChI is InChI=1S/C18H17F2N5O4S/c19-17(20)29-13-3-1-12(2-4-13)9-14-16(27)25(18(28)30-14)8-6-22-15(26)5-7-24-11-21-10-23-24/h1-4,9-11,17H,5-8H2,(H,22,26)/b14-9-. The highest BCUT2D eigenvalue weighted by Crippen LogP contribution is 2.32. The van der Waals surface area contributed by atoms with Gasteiger partial charge in [-0.15, -0.1) is 0 Å². The molecule has 0 spiro atoms. The van der Waals surface area contributed by atoms with Gasteiger partial charge < -0.3 is 10.1 Å². The Morgan fingerprint density at radius 1 is 1.23 bits per heavy atom. The Morgan fingerprint density at radius 2 is 2.00 bits per heavy atom. The summed E-state index contributed by atoms with van der Waals surface area (Å²) in [6.45, 7) is -2.38. The van der Waals surface area contributed by atoms with Gasteiger partial charge in [-0.25, -0.2) is 4.98 Å². The van der Waals surface area contributed by atoms with E-state index in [1.54, 1.807) is 0 Å². The Kier molecular flexibility index (Phi) is 7.12. The first-order valence-corrected chi connectivity index (χ1v) is 9.63. The van der Waals surface area contributed by atoms with Gasteiger partial charge >= 0.3 is 6.61 Å². The number of rotatable bonds is 9. The molecule has 1 aliphatic rings. The molecular weight excluding hydrogens is 420 g/mol. The highest BCUT2D eigenvalue weighted by Gasteiger charge is 2.34. The number of aromatic nitrogens is 3. The number of hydrogen-bond acceptors (Lipinski definition) is 7. The summed E-state index contributed by atoms with van der Waals surface area (Å²) in [7, 11) is 0. The van der Waals surface area contributed by atoms with E-state index in [-0.39, 0.29) is 36.1 Å². The molecule has 2 aromatic rings. The summed E-state index contributed by atoms with van der Waals surface area (Å²) >= 11 is 0.775. The highest BCUT2D eigenvalue weighted by molar-refractivity contribution is 8.18. The van der Waals surface area contributed by atoms with E-state index >= 15 is 0 Å². The van der Waals surface area contributed by atoms with Crippen molar-refractivity contribution >= 4 is 34.9 Å². The van der Waals surface area contributed by atoms with Crippen LogP contribution in [-0.4, -0.2) is 56.4 Å². The number of alkyl halides is 2. The number of carbonyl (C=O) groups is 3. The molecule has 12 heteroatoms.